The van der Waals surface area contributed by atoms with E-state index in [4.69, 9.17) is 16.3 Å². The van der Waals surface area contributed by atoms with Crippen molar-refractivity contribution in [3.05, 3.63) is 75.1 Å². The van der Waals surface area contributed by atoms with Gasteiger partial charge in [0.25, 0.3) is 5.56 Å². The number of rotatable bonds is 6. The summed E-state index contributed by atoms with van der Waals surface area (Å²) in [5.41, 5.74) is -0.0437. The molecule has 4 heterocycles. The Morgan fingerprint density at radius 1 is 1.11 bits per heavy atom. The third-order valence-corrected chi connectivity index (χ3v) is 8.76. The van der Waals surface area contributed by atoms with Gasteiger partial charge in [0.2, 0.25) is 0 Å². The first-order valence-electron chi connectivity index (χ1n) is 13.7. The molecule has 0 radical (unpaired) electrons. The number of benzene rings is 2. The molecule has 0 bridgehead atoms. The Hall–Kier alpha value is -4.25. The molecule has 0 atom stereocenters. The number of nitriles is 1. The van der Waals surface area contributed by atoms with E-state index in [1.807, 2.05) is 24.1 Å². The Balaban J connectivity index is 1.38. The number of likely N-dealkylation sites (N-methyl/N-ethyl adjacent to an activating group) is 1. The normalized spacial score (nSPS) is 14.3. The molecule has 226 valence electrons. The largest absolute Gasteiger partial charge is 0.491 e. The number of ether oxygens (including phenoxy) is 1. The molecule has 0 amide bonds. The Morgan fingerprint density at radius 2 is 1.89 bits per heavy atom. The van der Waals surface area contributed by atoms with Crippen LogP contribution >= 0.6 is 23.1 Å². The number of hydrogen-bond donors (Lipinski definition) is 0. The summed E-state index contributed by atoms with van der Waals surface area (Å²) < 4.78 is 55.4. The highest BCUT2D eigenvalue weighted by Crippen LogP contribution is 2.42. The van der Waals surface area contributed by atoms with Crippen LogP contribution in [-0.2, 0) is 12.7 Å². The molecule has 0 unspecified atom stereocenters. The number of pyridine rings is 1. The molecule has 1 saturated heterocycles. The SMILES string of the molecule is Cc1nc2cc(C(F)(F)F)c(N3CCN(C)CC3)c(C#N)c2c(=O)n1CCOc1ccc(Cl)cc1-c1ccnc2cnsc12. The van der Waals surface area contributed by atoms with Crippen molar-refractivity contribution in [2.24, 2.45) is 0 Å². The lowest BCUT2D eigenvalue weighted by Gasteiger charge is -2.36. The summed E-state index contributed by atoms with van der Waals surface area (Å²) in [6.45, 7) is 3.24. The van der Waals surface area contributed by atoms with Gasteiger partial charge in [-0.05, 0) is 55.8 Å². The van der Waals surface area contributed by atoms with Gasteiger partial charge in [-0.15, -0.1) is 0 Å². The van der Waals surface area contributed by atoms with E-state index in [0.29, 0.717) is 23.9 Å². The molecule has 1 aliphatic rings. The number of aromatic nitrogens is 4. The fourth-order valence-corrected chi connectivity index (χ4v) is 6.41. The molecule has 5 aromatic rings. The van der Waals surface area contributed by atoms with E-state index in [1.165, 1.54) is 21.0 Å². The monoisotopic (exact) mass is 639 g/mol. The maximum absolute atomic E-state index is 14.3. The van der Waals surface area contributed by atoms with E-state index in [9.17, 15) is 23.2 Å². The van der Waals surface area contributed by atoms with Crippen molar-refractivity contribution < 1.29 is 17.9 Å². The van der Waals surface area contributed by atoms with Crippen LogP contribution in [0.25, 0.3) is 32.2 Å². The molecular weight excluding hydrogens is 615 g/mol. The van der Waals surface area contributed by atoms with E-state index in [-0.39, 0.29) is 54.2 Å². The van der Waals surface area contributed by atoms with E-state index in [1.54, 1.807) is 37.5 Å². The van der Waals surface area contributed by atoms with Gasteiger partial charge in [-0.2, -0.15) is 22.8 Å². The summed E-state index contributed by atoms with van der Waals surface area (Å²) in [7, 11) is 1.88. The van der Waals surface area contributed by atoms with Crippen LogP contribution in [0.1, 0.15) is 17.0 Å². The fraction of sp³-hybridized carbons (Fsp3) is 0.300. The highest BCUT2D eigenvalue weighted by Gasteiger charge is 2.38. The number of fused-ring (bicyclic) bond motifs is 2. The highest BCUT2D eigenvalue weighted by atomic mass is 35.5. The van der Waals surface area contributed by atoms with Crippen LogP contribution < -0.4 is 15.2 Å². The van der Waals surface area contributed by atoms with Crippen molar-refractivity contribution in [1.82, 2.24) is 23.8 Å². The lowest BCUT2D eigenvalue weighted by atomic mass is 10.00. The van der Waals surface area contributed by atoms with Gasteiger partial charge < -0.3 is 14.5 Å². The first-order chi connectivity index (χ1) is 21.1. The topological polar surface area (TPSA) is 100 Å². The zero-order valence-corrected chi connectivity index (χ0v) is 25.2. The van der Waals surface area contributed by atoms with Crippen molar-refractivity contribution in [2.45, 2.75) is 19.6 Å². The molecule has 6 rings (SSSR count). The summed E-state index contributed by atoms with van der Waals surface area (Å²) >= 11 is 7.62. The minimum absolute atomic E-state index is 0.0350. The van der Waals surface area contributed by atoms with E-state index < -0.39 is 17.3 Å². The highest BCUT2D eigenvalue weighted by molar-refractivity contribution is 7.13. The van der Waals surface area contributed by atoms with Crippen molar-refractivity contribution in [3.8, 4) is 22.9 Å². The molecule has 2 aromatic carbocycles. The number of anilines is 1. The minimum atomic E-state index is -4.74. The lowest BCUT2D eigenvalue weighted by Crippen LogP contribution is -2.45. The van der Waals surface area contributed by atoms with E-state index in [0.717, 1.165) is 27.4 Å². The molecule has 44 heavy (non-hydrogen) atoms. The van der Waals surface area contributed by atoms with Gasteiger partial charge in [0, 0.05) is 48.5 Å². The van der Waals surface area contributed by atoms with Gasteiger partial charge in [0.15, 0.2) is 0 Å². The number of nitrogens with zero attached hydrogens (tertiary/aromatic N) is 7. The van der Waals surface area contributed by atoms with Gasteiger partial charge >= 0.3 is 6.18 Å². The molecule has 3 aromatic heterocycles. The summed E-state index contributed by atoms with van der Waals surface area (Å²) in [5.74, 6) is 0.715. The van der Waals surface area contributed by atoms with Crippen molar-refractivity contribution in [2.75, 3.05) is 44.7 Å². The number of aryl methyl sites for hydroxylation is 1. The van der Waals surface area contributed by atoms with Crippen LogP contribution in [0.3, 0.4) is 0 Å². The summed E-state index contributed by atoms with van der Waals surface area (Å²) in [5, 5.41) is 10.5. The zero-order valence-electron chi connectivity index (χ0n) is 23.7. The van der Waals surface area contributed by atoms with Gasteiger partial charge in [-0.25, -0.2) is 4.98 Å². The molecule has 0 spiro atoms. The summed E-state index contributed by atoms with van der Waals surface area (Å²) in [6.07, 6.45) is -1.39. The second-order valence-electron chi connectivity index (χ2n) is 10.4. The zero-order chi connectivity index (χ0) is 31.2. The molecule has 0 saturated carbocycles. The molecule has 1 fully saturated rings. The smallest absolute Gasteiger partial charge is 0.418 e. The predicted octanol–water partition coefficient (Wildman–Crippen LogP) is 5.75. The Labute approximate surface area is 258 Å². The quantitative estimate of drug-likeness (QED) is 0.232. The first-order valence-corrected chi connectivity index (χ1v) is 14.8. The summed E-state index contributed by atoms with van der Waals surface area (Å²) in [4.78, 5) is 26.1. The second-order valence-corrected chi connectivity index (χ2v) is 11.7. The van der Waals surface area contributed by atoms with Gasteiger partial charge in [-0.1, -0.05) is 11.6 Å². The minimum Gasteiger partial charge on any atom is -0.491 e. The average molecular weight is 640 g/mol. The van der Waals surface area contributed by atoms with Crippen LogP contribution in [0.2, 0.25) is 5.02 Å². The molecule has 9 nitrogen and oxygen atoms in total. The standard InChI is InChI=1S/C30H25ClF3N7O2S/c1-17-38-23-14-22(30(32,33)34)27(40-9-7-39(2)8-10-40)21(15-35)26(23)29(42)41(17)11-12-43-25-4-3-18(31)13-20(25)19-5-6-36-24-16-37-44-28(19)24/h3-6,13-14,16H,7-12H2,1-2H3. The molecule has 14 heteroatoms. The third kappa shape index (κ3) is 5.45. The number of halogens is 4. The van der Waals surface area contributed by atoms with Crippen molar-refractivity contribution in [3.63, 3.8) is 0 Å². The van der Waals surface area contributed by atoms with E-state index >= 15 is 0 Å². The predicted molar refractivity (Wildman–Crippen MR) is 164 cm³/mol. The first kappa shape index (κ1) is 29.8. The molecule has 0 aliphatic carbocycles. The molecule has 1 aliphatic heterocycles. The van der Waals surface area contributed by atoms with Crippen LogP contribution in [0.4, 0.5) is 18.9 Å². The Morgan fingerprint density at radius 3 is 2.61 bits per heavy atom. The van der Waals surface area contributed by atoms with Gasteiger partial charge in [0.1, 0.15) is 29.8 Å². The third-order valence-electron chi connectivity index (χ3n) is 7.70. The van der Waals surface area contributed by atoms with Crippen LogP contribution in [0.15, 0.2) is 47.5 Å². The molecule has 0 N–H and O–H groups in total. The number of alkyl halides is 3. The van der Waals surface area contributed by atoms with Gasteiger partial charge in [-0.3, -0.25) is 14.3 Å². The van der Waals surface area contributed by atoms with Crippen LogP contribution in [0, 0.1) is 18.3 Å². The Bertz CT molecular complexity index is 2000. The lowest BCUT2D eigenvalue weighted by molar-refractivity contribution is -0.137. The fourth-order valence-electron chi connectivity index (χ4n) is 5.51. The molecular formula is C30H25ClF3N7O2S. The number of piperazine rings is 1. The maximum atomic E-state index is 14.3. The second kappa shape index (κ2) is 11.7. The van der Waals surface area contributed by atoms with Crippen LogP contribution in [0.5, 0.6) is 5.75 Å². The van der Waals surface area contributed by atoms with Crippen LogP contribution in [-0.4, -0.2) is 63.6 Å². The Kier molecular flexibility index (Phi) is 7.91. The average Bonchev–Trinajstić information content (AvgIpc) is 3.48. The van der Waals surface area contributed by atoms with Crippen molar-refractivity contribution in [1.29, 1.82) is 5.26 Å². The van der Waals surface area contributed by atoms with Crippen molar-refractivity contribution >= 4 is 49.9 Å². The number of hydrogen-bond acceptors (Lipinski definition) is 9. The van der Waals surface area contributed by atoms with Gasteiger partial charge in [0.05, 0.1) is 45.2 Å². The summed E-state index contributed by atoms with van der Waals surface area (Å²) in [6, 6.07) is 9.84. The van der Waals surface area contributed by atoms with E-state index in [2.05, 4.69) is 14.3 Å². The maximum Gasteiger partial charge on any atom is 0.418 e.